The Bertz CT molecular complexity index is 709. The number of halogens is 3. The van der Waals surface area contributed by atoms with Crippen molar-refractivity contribution in [2.75, 3.05) is 0 Å². The molecule has 3 rings (SSSR count). The average molecular weight is 257 g/mol. The van der Waals surface area contributed by atoms with Crippen molar-refractivity contribution >= 4 is 39.6 Å². The minimum atomic E-state index is -0.379. The van der Waals surface area contributed by atoms with E-state index in [-0.39, 0.29) is 16.3 Å². The molecule has 0 saturated carbocycles. The summed E-state index contributed by atoms with van der Waals surface area (Å²) in [5.74, 6) is -0.379. The molecule has 4 nitrogen and oxygen atoms in total. The van der Waals surface area contributed by atoms with Crippen molar-refractivity contribution < 1.29 is 4.39 Å². The molecular formula is C9H3Cl2FN4. The summed E-state index contributed by atoms with van der Waals surface area (Å²) in [6.45, 7) is 0. The molecule has 16 heavy (non-hydrogen) atoms. The number of hydrogen-bond acceptors (Lipinski definition) is 3. The van der Waals surface area contributed by atoms with Gasteiger partial charge < -0.3 is 0 Å². The number of fused-ring (bicyclic) bond motifs is 3. The first kappa shape index (κ1) is 9.74. The second-order valence-corrected chi connectivity index (χ2v) is 3.88. The first-order valence-corrected chi connectivity index (χ1v) is 5.08. The summed E-state index contributed by atoms with van der Waals surface area (Å²) in [4.78, 5) is 0. The quantitative estimate of drug-likeness (QED) is 0.621. The standard InChI is InChI=1S/C9H3Cl2FN4/c10-7-5-2-1-4(12)3-6(5)8-13-14-9(11)16(8)15-7/h1-3H. The topological polar surface area (TPSA) is 43.1 Å². The van der Waals surface area contributed by atoms with Gasteiger partial charge in [0.1, 0.15) is 5.82 Å². The summed E-state index contributed by atoms with van der Waals surface area (Å²) in [7, 11) is 0. The van der Waals surface area contributed by atoms with E-state index < -0.39 is 0 Å². The van der Waals surface area contributed by atoms with Crippen molar-refractivity contribution in [2.45, 2.75) is 0 Å². The largest absolute Gasteiger partial charge is 0.246 e. The predicted octanol–water partition coefficient (Wildman–Crippen LogP) is 2.72. The molecule has 0 spiro atoms. The van der Waals surface area contributed by atoms with Gasteiger partial charge in [0.05, 0.1) is 0 Å². The van der Waals surface area contributed by atoms with Gasteiger partial charge >= 0.3 is 0 Å². The molecule has 0 N–H and O–H groups in total. The number of benzene rings is 1. The Balaban J connectivity index is 2.62. The van der Waals surface area contributed by atoms with Crippen LogP contribution >= 0.6 is 23.2 Å². The smallest absolute Gasteiger partial charge is 0.207 e. The average Bonchev–Trinajstić information content (AvgIpc) is 2.61. The van der Waals surface area contributed by atoms with Crippen molar-refractivity contribution in [3.63, 3.8) is 0 Å². The highest BCUT2D eigenvalue weighted by molar-refractivity contribution is 6.35. The normalized spacial score (nSPS) is 11.4. The monoisotopic (exact) mass is 256 g/mol. The van der Waals surface area contributed by atoms with Crippen LogP contribution in [0.4, 0.5) is 4.39 Å². The Kier molecular flexibility index (Phi) is 1.99. The maximum Gasteiger partial charge on any atom is 0.246 e. The summed E-state index contributed by atoms with van der Waals surface area (Å²) in [5, 5.41) is 12.9. The van der Waals surface area contributed by atoms with Crippen LogP contribution in [0.25, 0.3) is 16.4 Å². The van der Waals surface area contributed by atoms with Crippen molar-refractivity contribution in [3.8, 4) is 0 Å². The Morgan fingerprint density at radius 1 is 1.12 bits per heavy atom. The molecule has 2 aromatic heterocycles. The van der Waals surface area contributed by atoms with E-state index in [9.17, 15) is 4.39 Å². The molecule has 0 aliphatic heterocycles. The minimum Gasteiger partial charge on any atom is -0.207 e. The molecule has 0 bridgehead atoms. The highest BCUT2D eigenvalue weighted by Gasteiger charge is 2.12. The van der Waals surface area contributed by atoms with E-state index in [2.05, 4.69) is 15.3 Å². The van der Waals surface area contributed by atoms with E-state index in [1.54, 1.807) is 6.07 Å². The second-order valence-electron chi connectivity index (χ2n) is 3.19. The molecule has 2 heterocycles. The zero-order valence-corrected chi connectivity index (χ0v) is 9.17. The van der Waals surface area contributed by atoms with Gasteiger partial charge in [-0.25, -0.2) is 4.39 Å². The Morgan fingerprint density at radius 3 is 2.75 bits per heavy atom. The maximum absolute atomic E-state index is 13.1. The SMILES string of the molecule is Fc1ccc2c(Cl)nn3c(Cl)nnc3c2c1. The second kappa shape index (κ2) is 3.26. The zero-order valence-electron chi connectivity index (χ0n) is 7.65. The van der Waals surface area contributed by atoms with Gasteiger partial charge in [-0.05, 0) is 29.8 Å². The van der Waals surface area contributed by atoms with Gasteiger partial charge in [0.2, 0.25) is 5.28 Å². The van der Waals surface area contributed by atoms with Gasteiger partial charge in [-0.1, -0.05) is 11.6 Å². The summed E-state index contributed by atoms with van der Waals surface area (Å²) >= 11 is 11.7. The van der Waals surface area contributed by atoms with E-state index in [0.29, 0.717) is 16.4 Å². The van der Waals surface area contributed by atoms with Gasteiger partial charge in [0, 0.05) is 10.8 Å². The van der Waals surface area contributed by atoms with Crippen LogP contribution in [0.2, 0.25) is 10.4 Å². The Hall–Kier alpha value is -1.46. The molecule has 0 unspecified atom stereocenters. The van der Waals surface area contributed by atoms with Crippen LogP contribution in [0.5, 0.6) is 0 Å². The highest BCUT2D eigenvalue weighted by Crippen LogP contribution is 2.26. The lowest BCUT2D eigenvalue weighted by atomic mass is 10.2. The van der Waals surface area contributed by atoms with Crippen LogP contribution in [0.1, 0.15) is 0 Å². The van der Waals surface area contributed by atoms with E-state index in [4.69, 9.17) is 23.2 Å². The molecule has 0 aliphatic carbocycles. The fraction of sp³-hybridized carbons (Fsp3) is 0. The van der Waals surface area contributed by atoms with Crippen molar-refractivity contribution in [2.24, 2.45) is 0 Å². The lowest BCUT2D eigenvalue weighted by Crippen LogP contribution is -1.94. The van der Waals surface area contributed by atoms with Gasteiger partial charge in [-0.3, -0.25) is 0 Å². The summed E-state index contributed by atoms with van der Waals surface area (Å²) in [6.07, 6.45) is 0. The van der Waals surface area contributed by atoms with Crippen LogP contribution in [0.3, 0.4) is 0 Å². The lowest BCUT2D eigenvalue weighted by molar-refractivity contribution is 0.629. The molecule has 0 fully saturated rings. The molecule has 0 saturated heterocycles. The third-order valence-electron chi connectivity index (χ3n) is 2.24. The third kappa shape index (κ3) is 1.25. The van der Waals surface area contributed by atoms with Crippen molar-refractivity contribution in [1.82, 2.24) is 19.8 Å². The number of aromatic nitrogens is 4. The molecule has 0 atom stereocenters. The third-order valence-corrected chi connectivity index (χ3v) is 2.75. The summed E-state index contributed by atoms with van der Waals surface area (Å²) in [5.41, 5.74) is 0.379. The molecule has 0 radical (unpaired) electrons. The van der Waals surface area contributed by atoms with Crippen molar-refractivity contribution in [1.29, 1.82) is 0 Å². The lowest BCUT2D eigenvalue weighted by Gasteiger charge is -2.01. The maximum atomic E-state index is 13.1. The molecule has 1 aromatic carbocycles. The van der Waals surface area contributed by atoms with Crippen molar-refractivity contribution in [3.05, 3.63) is 34.5 Å². The predicted molar refractivity (Wildman–Crippen MR) is 58.3 cm³/mol. The molecule has 7 heteroatoms. The fourth-order valence-electron chi connectivity index (χ4n) is 1.54. The molecule has 0 aliphatic rings. The minimum absolute atomic E-state index is 0.0862. The number of hydrogen-bond donors (Lipinski definition) is 0. The summed E-state index contributed by atoms with van der Waals surface area (Å²) < 4.78 is 14.4. The van der Waals surface area contributed by atoms with E-state index >= 15 is 0 Å². The molecular weight excluding hydrogens is 254 g/mol. The van der Waals surface area contributed by atoms with Crippen LogP contribution < -0.4 is 0 Å². The number of nitrogens with zero attached hydrogens (tertiary/aromatic N) is 4. The fourth-order valence-corrected chi connectivity index (χ4v) is 1.94. The Labute approximate surface area is 98.6 Å². The molecule has 0 amide bonds. The van der Waals surface area contributed by atoms with Crippen LogP contribution in [-0.2, 0) is 0 Å². The Morgan fingerprint density at radius 2 is 1.94 bits per heavy atom. The van der Waals surface area contributed by atoms with Crippen LogP contribution in [0, 0.1) is 5.82 Å². The molecule has 3 aromatic rings. The first-order chi connectivity index (χ1) is 7.66. The number of rotatable bonds is 0. The van der Waals surface area contributed by atoms with E-state index in [0.717, 1.165) is 0 Å². The highest BCUT2D eigenvalue weighted by atomic mass is 35.5. The van der Waals surface area contributed by atoms with Crippen LogP contribution in [-0.4, -0.2) is 19.8 Å². The summed E-state index contributed by atoms with van der Waals surface area (Å²) in [6, 6.07) is 4.18. The van der Waals surface area contributed by atoms with Gasteiger partial charge in [0.15, 0.2) is 10.8 Å². The van der Waals surface area contributed by atoms with E-state index in [1.165, 1.54) is 16.6 Å². The van der Waals surface area contributed by atoms with Gasteiger partial charge in [-0.2, -0.15) is 9.61 Å². The van der Waals surface area contributed by atoms with Gasteiger partial charge in [0.25, 0.3) is 0 Å². The van der Waals surface area contributed by atoms with Crippen LogP contribution in [0.15, 0.2) is 18.2 Å². The zero-order chi connectivity index (χ0) is 11.3. The van der Waals surface area contributed by atoms with Gasteiger partial charge in [-0.15, -0.1) is 10.2 Å². The molecule has 80 valence electrons. The van der Waals surface area contributed by atoms with E-state index in [1.807, 2.05) is 0 Å². The first-order valence-electron chi connectivity index (χ1n) is 4.32.